The molecule has 0 aliphatic heterocycles. The molecule has 0 bridgehead atoms. The van der Waals surface area contributed by atoms with Crippen LogP contribution in [0.25, 0.3) is 65.4 Å². The van der Waals surface area contributed by atoms with E-state index >= 15 is 0 Å². The molecule has 16 heteroatoms. The standard InChI is InChI=1S/C54H51N7O9/c62-49(31-46(52(65)66)59-40-19-7-1-13-34(40)35-14-2-8-20-41(35)59)55-25-28-58(29-26-56-50(63)32-47(53(67)68)60-42-21-9-3-15-36(42)37-16-4-10-22-43(37)60)30-27-57-51(64)33-48(54(69)70)61-44-23-11-5-17-38(44)39-18-6-12-24-45(39)61/h1-24,46-48H,25-33H2,(H,55,62)(H,56,63)(H,57,64)(H,65,66)(H,67,68)(H,69,70)/t46-,47-,48-/m1/s1. The van der Waals surface area contributed by atoms with Crippen LogP contribution in [-0.4, -0.2) is 109 Å². The van der Waals surface area contributed by atoms with Crippen LogP contribution in [0.5, 0.6) is 0 Å². The molecule has 0 unspecified atom stereocenters. The van der Waals surface area contributed by atoms with Crippen molar-refractivity contribution in [3.05, 3.63) is 146 Å². The van der Waals surface area contributed by atoms with Crippen molar-refractivity contribution in [2.24, 2.45) is 0 Å². The number of carbonyl (C=O) groups is 6. The monoisotopic (exact) mass is 941 g/mol. The van der Waals surface area contributed by atoms with Gasteiger partial charge in [-0.15, -0.1) is 0 Å². The first-order chi connectivity index (χ1) is 34.0. The zero-order chi connectivity index (χ0) is 48.9. The molecule has 0 aliphatic carbocycles. The number of amides is 3. The van der Waals surface area contributed by atoms with Gasteiger partial charge in [-0.1, -0.05) is 109 Å². The molecule has 0 radical (unpaired) electrons. The van der Waals surface area contributed by atoms with Crippen molar-refractivity contribution in [3.8, 4) is 0 Å². The van der Waals surface area contributed by atoms with E-state index in [1.54, 1.807) is 13.7 Å². The maximum Gasteiger partial charge on any atom is 0.327 e. The zero-order valence-corrected chi connectivity index (χ0v) is 38.0. The molecule has 0 saturated carbocycles. The second kappa shape index (κ2) is 20.4. The van der Waals surface area contributed by atoms with Crippen molar-refractivity contribution in [2.45, 2.75) is 37.4 Å². The number of benzene rings is 6. The number of para-hydroxylation sites is 6. The van der Waals surface area contributed by atoms with E-state index in [1.165, 1.54) is 0 Å². The summed E-state index contributed by atoms with van der Waals surface area (Å²) >= 11 is 0. The summed E-state index contributed by atoms with van der Waals surface area (Å²) in [7, 11) is 0. The Morgan fingerprint density at radius 1 is 0.357 bits per heavy atom. The molecule has 9 aromatic rings. The van der Waals surface area contributed by atoms with E-state index < -0.39 is 53.8 Å². The van der Waals surface area contributed by atoms with Crippen LogP contribution in [0.4, 0.5) is 0 Å². The number of carboxylic acids is 3. The van der Waals surface area contributed by atoms with Crippen molar-refractivity contribution in [3.63, 3.8) is 0 Å². The first kappa shape index (κ1) is 46.6. The topological polar surface area (TPSA) is 217 Å². The van der Waals surface area contributed by atoms with Gasteiger partial charge in [0.15, 0.2) is 0 Å². The predicted octanol–water partition coefficient (Wildman–Crippen LogP) is 7.11. The summed E-state index contributed by atoms with van der Waals surface area (Å²) in [6.45, 7) is 0.937. The number of hydrogen-bond acceptors (Lipinski definition) is 7. The molecule has 3 amide bonds. The molecule has 356 valence electrons. The lowest BCUT2D eigenvalue weighted by Crippen LogP contribution is -2.43. The first-order valence-electron chi connectivity index (χ1n) is 23.1. The van der Waals surface area contributed by atoms with E-state index in [1.807, 2.05) is 150 Å². The van der Waals surface area contributed by atoms with E-state index in [9.17, 15) is 44.1 Å². The van der Waals surface area contributed by atoms with Crippen LogP contribution in [0, 0.1) is 0 Å². The molecule has 6 aromatic carbocycles. The Kier molecular flexibility index (Phi) is 13.6. The Morgan fingerprint density at radius 3 is 0.757 bits per heavy atom. The highest BCUT2D eigenvalue weighted by atomic mass is 16.4. The summed E-state index contributed by atoms with van der Waals surface area (Å²) in [5.41, 5.74) is 4.13. The Morgan fingerprint density at radius 2 is 0.557 bits per heavy atom. The molecule has 0 aliphatic rings. The van der Waals surface area contributed by atoms with Gasteiger partial charge in [0.25, 0.3) is 0 Å². The number of aromatic nitrogens is 3. The minimum Gasteiger partial charge on any atom is -0.480 e. The van der Waals surface area contributed by atoms with Crippen molar-refractivity contribution in [1.29, 1.82) is 0 Å². The average molecular weight is 942 g/mol. The summed E-state index contributed by atoms with van der Waals surface area (Å²) in [5, 5.41) is 45.1. The Balaban J connectivity index is 0.873. The molecule has 70 heavy (non-hydrogen) atoms. The fourth-order valence-electron chi connectivity index (χ4n) is 9.87. The third-order valence-corrected chi connectivity index (χ3v) is 13.0. The van der Waals surface area contributed by atoms with Gasteiger partial charge in [0.05, 0.1) is 19.3 Å². The highest BCUT2D eigenvalue weighted by Crippen LogP contribution is 2.36. The maximum atomic E-state index is 13.5. The van der Waals surface area contributed by atoms with Crippen molar-refractivity contribution >= 4 is 101 Å². The van der Waals surface area contributed by atoms with E-state index in [0.717, 1.165) is 32.3 Å². The molecule has 3 aromatic heterocycles. The molecule has 0 saturated heterocycles. The molecule has 6 N–H and O–H groups in total. The second-order valence-corrected chi connectivity index (χ2v) is 17.3. The normalized spacial score (nSPS) is 13.0. The molecule has 3 atom stereocenters. The molecule has 16 nitrogen and oxygen atoms in total. The number of rotatable bonds is 21. The smallest absolute Gasteiger partial charge is 0.327 e. The highest BCUT2D eigenvalue weighted by molar-refractivity contribution is 6.11. The quantitative estimate of drug-likeness (QED) is 0.0429. The Hall–Kier alpha value is -8.50. The van der Waals surface area contributed by atoms with Gasteiger partial charge in [-0.05, 0) is 36.4 Å². The van der Waals surface area contributed by atoms with Crippen molar-refractivity contribution in [1.82, 2.24) is 34.6 Å². The van der Waals surface area contributed by atoms with E-state index in [0.29, 0.717) is 33.1 Å². The number of carboxylic acid groups (broad SMARTS) is 3. The van der Waals surface area contributed by atoms with Crippen LogP contribution in [0.2, 0.25) is 0 Å². The second-order valence-electron chi connectivity index (χ2n) is 17.3. The third kappa shape index (κ3) is 9.36. The van der Waals surface area contributed by atoms with Crippen LogP contribution < -0.4 is 16.0 Å². The number of fused-ring (bicyclic) bond motifs is 9. The minimum absolute atomic E-state index is 0.0873. The van der Waals surface area contributed by atoms with Crippen LogP contribution in [-0.2, 0) is 28.8 Å². The highest BCUT2D eigenvalue weighted by Gasteiger charge is 2.30. The van der Waals surface area contributed by atoms with Crippen LogP contribution in [0.3, 0.4) is 0 Å². The van der Waals surface area contributed by atoms with Crippen molar-refractivity contribution in [2.75, 3.05) is 39.3 Å². The lowest BCUT2D eigenvalue weighted by atomic mass is 10.1. The van der Waals surface area contributed by atoms with E-state index in [2.05, 4.69) is 16.0 Å². The number of hydrogen-bond donors (Lipinski definition) is 6. The summed E-state index contributed by atoms with van der Waals surface area (Å²) < 4.78 is 5.03. The SMILES string of the molecule is O=C(C[C@H](C(=O)O)n1c2ccccc2c2ccccc21)NCCN(CCNC(=O)C[C@H](C(=O)O)n1c2ccccc2c2ccccc21)CCNC(=O)C[C@H](C(=O)O)n1c2ccccc2c2ccccc21. The summed E-state index contributed by atoms with van der Waals surface area (Å²) in [5.74, 6) is -4.98. The molecular weight excluding hydrogens is 891 g/mol. The Bertz CT molecular complexity index is 2940. The van der Waals surface area contributed by atoms with Crippen LogP contribution in [0.15, 0.2) is 146 Å². The maximum absolute atomic E-state index is 13.5. The lowest BCUT2D eigenvalue weighted by Gasteiger charge is -2.24. The summed E-state index contributed by atoms with van der Waals surface area (Å²) in [6.07, 6.45) is -1.05. The zero-order valence-electron chi connectivity index (χ0n) is 38.0. The molecular formula is C54H51N7O9. The third-order valence-electron chi connectivity index (χ3n) is 13.0. The minimum atomic E-state index is -1.21. The Labute approximate surface area is 400 Å². The van der Waals surface area contributed by atoms with Gasteiger partial charge in [-0.25, -0.2) is 14.4 Å². The van der Waals surface area contributed by atoms with Gasteiger partial charge in [0.2, 0.25) is 17.7 Å². The molecule has 3 heterocycles. The van der Waals surface area contributed by atoms with Crippen LogP contribution >= 0.6 is 0 Å². The van der Waals surface area contributed by atoms with E-state index in [-0.39, 0.29) is 58.5 Å². The lowest BCUT2D eigenvalue weighted by molar-refractivity contribution is -0.143. The van der Waals surface area contributed by atoms with Gasteiger partial charge in [0.1, 0.15) is 18.1 Å². The molecule has 9 rings (SSSR count). The number of nitrogens with zero attached hydrogens (tertiary/aromatic N) is 4. The molecule has 0 fully saturated rings. The fourth-order valence-corrected chi connectivity index (χ4v) is 9.87. The van der Waals surface area contributed by atoms with Gasteiger partial charge < -0.3 is 45.0 Å². The van der Waals surface area contributed by atoms with Gasteiger partial charge >= 0.3 is 17.9 Å². The predicted molar refractivity (Wildman–Crippen MR) is 268 cm³/mol. The number of carbonyl (C=O) groups excluding carboxylic acids is 3. The van der Waals surface area contributed by atoms with Crippen LogP contribution in [0.1, 0.15) is 37.4 Å². The largest absolute Gasteiger partial charge is 0.480 e. The van der Waals surface area contributed by atoms with Gasteiger partial charge in [0, 0.05) is 105 Å². The fraction of sp³-hybridized carbons (Fsp3) is 0.222. The summed E-state index contributed by atoms with van der Waals surface area (Å²) in [6, 6.07) is 41.1. The number of aliphatic carboxylic acids is 3. The first-order valence-corrected chi connectivity index (χ1v) is 23.1. The van der Waals surface area contributed by atoms with E-state index in [4.69, 9.17) is 0 Å². The molecule has 0 spiro atoms. The average Bonchev–Trinajstić information content (AvgIpc) is 3.99. The van der Waals surface area contributed by atoms with Crippen molar-refractivity contribution < 1.29 is 44.1 Å². The van der Waals surface area contributed by atoms with Gasteiger partial charge in [-0.3, -0.25) is 19.3 Å². The summed E-state index contributed by atoms with van der Waals surface area (Å²) in [4.78, 5) is 80.8. The number of nitrogens with one attached hydrogen (secondary N) is 3. The van der Waals surface area contributed by atoms with Gasteiger partial charge in [-0.2, -0.15) is 0 Å².